The molecule has 5 nitrogen and oxygen atoms in total. The van der Waals surface area contributed by atoms with Crippen LogP contribution < -0.4 is 0 Å². The van der Waals surface area contributed by atoms with E-state index in [0.29, 0.717) is 5.92 Å². The lowest BCUT2D eigenvalue weighted by molar-refractivity contribution is 0.0717. The molecule has 1 aliphatic heterocycles. The van der Waals surface area contributed by atoms with Crippen LogP contribution in [0, 0.1) is 6.92 Å². The van der Waals surface area contributed by atoms with Gasteiger partial charge in [-0.2, -0.15) is 5.10 Å². The summed E-state index contributed by atoms with van der Waals surface area (Å²) in [7, 11) is 0. The predicted molar refractivity (Wildman–Crippen MR) is 90.8 cm³/mol. The Morgan fingerprint density at radius 1 is 1.30 bits per heavy atom. The summed E-state index contributed by atoms with van der Waals surface area (Å²) < 4.78 is 0. The van der Waals surface area contributed by atoms with Crippen LogP contribution in [0.2, 0.25) is 0 Å². The molecule has 23 heavy (non-hydrogen) atoms. The van der Waals surface area contributed by atoms with Crippen molar-refractivity contribution in [3.8, 4) is 0 Å². The van der Waals surface area contributed by atoms with E-state index < -0.39 is 0 Å². The smallest absolute Gasteiger partial charge is 0.263 e. The van der Waals surface area contributed by atoms with Gasteiger partial charge >= 0.3 is 0 Å². The van der Waals surface area contributed by atoms with Gasteiger partial charge in [0.2, 0.25) is 0 Å². The van der Waals surface area contributed by atoms with Crippen LogP contribution in [0.4, 0.5) is 0 Å². The van der Waals surface area contributed by atoms with Gasteiger partial charge < -0.3 is 4.90 Å². The van der Waals surface area contributed by atoms with Crippen LogP contribution in [0.1, 0.15) is 39.0 Å². The molecule has 0 saturated carbocycles. The monoisotopic (exact) mass is 326 g/mol. The van der Waals surface area contributed by atoms with E-state index in [0.717, 1.165) is 47.5 Å². The summed E-state index contributed by atoms with van der Waals surface area (Å²) in [5.74, 6) is 0.580. The van der Waals surface area contributed by atoms with Crippen molar-refractivity contribution < 1.29 is 4.79 Å². The molecule has 118 valence electrons. The molecule has 4 heterocycles. The lowest BCUT2D eigenvalue weighted by atomic mass is 9.92. The molecule has 0 bridgehead atoms. The molecule has 1 fully saturated rings. The van der Waals surface area contributed by atoms with Crippen LogP contribution in [0.3, 0.4) is 0 Å². The number of hydrogen-bond acceptors (Lipinski definition) is 4. The van der Waals surface area contributed by atoms with Crippen molar-refractivity contribution in [2.75, 3.05) is 13.1 Å². The summed E-state index contributed by atoms with van der Waals surface area (Å²) in [4.78, 5) is 20.8. The van der Waals surface area contributed by atoms with E-state index in [1.54, 1.807) is 17.5 Å². The molecule has 0 unspecified atom stereocenters. The molecule has 3 aromatic heterocycles. The van der Waals surface area contributed by atoms with E-state index in [4.69, 9.17) is 0 Å². The van der Waals surface area contributed by atoms with Crippen molar-refractivity contribution >= 4 is 28.3 Å². The van der Waals surface area contributed by atoms with Crippen LogP contribution >= 0.6 is 11.3 Å². The van der Waals surface area contributed by atoms with Gasteiger partial charge in [0.05, 0.1) is 4.88 Å². The third kappa shape index (κ3) is 2.63. The van der Waals surface area contributed by atoms with E-state index in [-0.39, 0.29) is 5.91 Å². The van der Waals surface area contributed by atoms with Gasteiger partial charge in [-0.3, -0.25) is 9.89 Å². The number of likely N-dealkylation sites (tertiary alicyclic amines) is 1. The Labute approximate surface area is 138 Å². The minimum absolute atomic E-state index is 0.165. The minimum atomic E-state index is 0.165. The quantitative estimate of drug-likeness (QED) is 0.785. The standard InChI is InChI=1S/C17H18N4OS/c1-11-4-5-14(23-11)17(22)21-9-6-12(7-10-21)15-13-3-2-8-18-16(13)20-19-15/h2-5,8,12H,6-7,9-10H2,1H3,(H,18,19,20). The van der Waals surface area contributed by atoms with E-state index in [2.05, 4.69) is 21.2 Å². The molecule has 1 saturated heterocycles. The van der Waals surface area contributed by atoms with Gasteiger partial charge in [-0.25, -0.2) is 4.98 Å². The fourth-order valence-corrected chi connectivity index (χ4v) is 4.09. The van der Waals surface area contributed by atoms with Crippen molar-refractivity contribution in [3.05, 3.63) is 45.9 Å². The molecule has 1 N–H and O–H groups in total. The summed E-state index contributed by atoms with van der Waals surface area (Å²) in [5, 5.41) is 8.53. The number of carbonyl (C=O) groups excluding carboxylic acids is 1. The van der Waals surface area contributed by atoms with E-state index in [9.17, 15) is 4.79 Å². The zero-order valence-corrected chi connectivity index (χ0v) is 13.8. The zero-order chi connectivity index (χ0) is 15.8. The van der Waals surface area contributed by atoms with Gasteiger partial charge in [0, 0.05) is 41.2 Å². The lowest BCUT2D eigenvalue weighted by Crippen LogP contribution is -2.37. The first-order valence-corrected chi connectivity index (χ1v) is 8.69. The first kappa shape index (κ1) is 14.4. The number of H-pyrrole nitrogens is 1. The summed E-state index contributed by atoms with van der Waals surface area (Å²) in [6.45, 7) is 3.62. The topological polar surface area (TPSA) is 61.9 Å². The third-order valence-corrected chi connectivity index (χ3v) is 5.49. The van der Waals surface area contributed by atoms with Gasteiger partial charge in [0.15, 0.2) is 5.65 Å². The SMILES string of the molecule is Cc1ccc(C(=O)N2CCC(c3[nH]nc4ncccc34)CC2)s1. The molecule has 0 radical (unpaired) electrons. The number of amides is 1. The molecule has 4 rings (SSSR count). The number of hydrogen-bond donors (Lipinski definition) is 1. The number of rotatable bonds is 2. The van der Waals surface area contributed by atoms with Crippen molar-refractivity contribution in [2.45, 2.75) is 25.7 Å². The second-order valence-corrected chi connectivity index (χ2v) is 7.28. The van der Waals surface area contributed by atoms with Crippen LogP contribution in [-0.4, -0.2) is 39.1 Å². The highest BCUT2D eigenvalue weighted by Crippen LogP contribution is 2.31. The Kier molecular flexibility index (Phi) is 3.61. The fourth-order valence-electron chi connectivity index (χ4n) is 3.26. The van der Waals surface area contributed by atoms with Gasteiger partial charge in [0.1, 0.15) is 0 Å². The summed E-state index contributed by atoms with van der Waals surface area (Å²) in [6, 6.07) is 7.95. The first-order valence-electron chi connectivity index (χ1n) is 7.87. The lowest BCUT2D eigenvalue weighted by Gasteiger charge is -2.31. The average molecular weight is 326 g/mol. The number of carbonyl (C=O) groups is 1. The molecule has 0 aromatic carbocycles. The third-order valence-electron chi connectivity index (χ3n) is 4.50. The molecule has 6 heteroatoms. The fraction of sp³-hybridized carbons (Fsp3) is 0.353. The van der Waals surface area contributed by atoms with Crippen molar-refractivity contribution in [1.29, 1.82) is 0 Å². The van der Waals surface area contributed by atoms with Gasteiger partial charge in [-0.05, 0) is 44.0 Å². The highest BCUT2D eigenvalue weighted by molar-refractivity contribution is 7.13. The number of fused-ring (bicyclic) bond motifs is 1. The number of aromatic nitrogens is 3. The second kappa shape index (κ2) is 5.77. The Morgan fingerprint density at radius 2 is 2.13 bits per heavy atom. The Balaban J connectivity index is 1.48. The second-order valence-electron chi connectivity index (χ2n) is 5.99. The maximum Gasteiger partial charge on any atom is 0.263 e. The number of aromatic amines is 1. The Bertz CT molecular complexity index is 845. The molecule has 0 spiro atoms. The van der Waals surface area contributed by atoms with Crippen LogP contribution in [0.15, 0.2) is 30.5 Å². The number of nitrogens with zero attached hydrogens (tertiary/aromatic N) is 3. The molecule has 3 aromatic rings. The van der Waals surface area contributed by atoms with E-state index >= 15 is 0 Å². The van der Waals surface area contributed by atoms with E-state index in [1.807, 2.05) is 30.0 Å². The first-order chi connectivity index (χ1) is 11.2. The molecular weight excluding hydrogens is 308 g/mol. The van der Waals surface area contributed by atoms with Crippen LogP contribution in [0.25, 0.3) is 11.0 Å². The summed E-state index contributed by atoms with van der Waals surface area (Å²) >= 11 is 1.57. The van der Waals surface area contributed by atoms with Crippen molar-refractivity contribution in [2.24, 2.45) is 0 Å². The predicted octanol–water partition coefficient (Wildman–Crippen LogP) is 3.35. The van der Waals surface area contributed by atoms with Gasteiger partial charge in [0.25, 0.3) is 5.91 Å². The number of piperidine rings is 1. The van der Waals surface area contributed by atoms with Gasteiger partial charge in [-0.1, -0.05) is 0 Å². The van der Waals surface area contributed by atoms with Crippen LogP contribution in [0.5, 0.6) is 0 Å². The molecular formula is C17H18N4OS. The molecule has 1 aliphatic rings. The Hall–Kier alpha value is -2.21. The minimum Gasteiger partial charge on any atom is -0.338 e. The summed E-state index contributed by atoms with van der Waals surface area (Å²) in [5.41, 5.74) is 1.93. The number of aryl methyl sites for hydroxylation is 1. The Morgan fingerprint density at radius 3 is 2.87 bits per heavy atom. The zero-order valence-electron chi connectivity index (χ0n) is 13.0. The summed E-state index contributed by atoms with van der Waals surface area (Å²) in [6.07, 6.45) is 3.68. The highest BCUT2D eigenvalue weighted by atomic mass is 32.1. The van der Waals surface area contributed by atoms with Crippen LogP contribution in [-0.2, 0) is 0 Å². The molecule has 0 aliphatic carbocycles. The molecule has 0 atom stereocenters. The van der Waals surface area contributed by atoms with Gasteiger partial charge in [-0.15, -0.1) is 11.3 Å². The van der Waals surface area contributed by atoms with Crippen molar-refractivity contribution in [1.82, 2.24) is 20.1 Å². The highest BCUT2D eigenvalue weighted by Gasteiger charge is 2.27. The van der Waals surface area contributed by atoms with Crippen molar-refractivity contribution in [3.63, 3.8) is 0 Å². The maximum atomic E-state index is 12.5. The largest absolute Gasteiger partial charge is 0.338 e. The normalized spacial score (nSPS) is 16.1. The molecule has 1 amide bonds. The van der Waals surface area contributed by atoms with E-state index in [1.165, 1.54) is 4.88 Å². The number of pyridine rings is 1. The maximum absolute atomic E-state index is 12.5. The average Bonchev–Trinajstić information content (AvgIpc) is 3.21. The number of nitrogens with one attached hydrogen (secondary N) is 1. The number of thiophene rings is 1.